The lowest BCUT2D eigenvalue weighted by Gasteiger charge is -2.26. The molecule has 0 spiro atoms. The quantitative estimate of drug-likeness (QED) is 0.743. The van der Waals surface area contributed by atoms with Crippen LogP contribution in [0.2, 0.25) is 0 Å². The summed E-state index contributed by atoms with van der Waals surface area (Å²) in [5, 5.41) is 9.30. The van der Waals surface area contributed by atoms with Crippen LogP contribution in [0.1, 0.15) is 23.2 Å². The second kappa shape index (κ2) is 8.53. The predicted molar refractivity (Wildman–Crippen MR) is 95.2 cm³/mol. The number of rotatable bonds is 7. The Bertz CT molecular complexity index is 718. The van der Waals surface area contributed by atoms with Crippen molar-refractivity contribution in [3.8, 4) is 11.5 Å². The highest BCUT2D eigenvalue weighted by atomic mass is 32.1. The maximum atomic E-state index is 11.9. The van der Waals surface area contributed by atoms with Crippen LogP contribution in [0, 0.1) is 0 Å². The standard InChI is InChI=1S/C18H20N2O4S/c21-17(6-3-8-19-18(22)13-7-9-25-12-13)20-10-14-11-23-15-4-1-2-5-16(15)24-14/h1-2,4-5,7,9,12,14H,3,6,8,10-11H2,(H,19,22)(H,20,21). The number of carbonyl (C=O) groups excluding carboxylic acids is 2. The van der Waals surface area contributed by atoms with Gasteiger partial charge in [0.2, 0.25) is 5.91 Å². The van der Waals surface area contributed by atoms with E-state index in [1.54, 1.807) is 11.4 Å². The van der Waals surface area contributed by atoms with Gasteiger partial charge in [-0.2, -0.15) is 11.3 Å². The lowest BCUT2D eigenvalue weighted by atomic mass is 10.2. The molecular formula is C18H20N2O4S. The van der Waals surface area contributed by atoms with E-state index in [2.05, 4.69) is 10.6 Å². The molecule has 1 aliphatic heterocycles. The van der Waals surface area contributed by atoms with Gasteiger partial charge in [0.05, 0.1) is 6.54 Å². The average molecular weight is 360 g/mol. The van der Waals surface area contributed by atoms with Crippen LogP contribution in [0.5, 0.6) is 11.5 Å². The number of para-hydroxylation sites is 2. The van der Waals surface area contributed by atoms with Crippen molar-refractivity contribution in [1.82, 2.24) is 10.6 Å². The minimum absolute atomic E-state index is 0.0627. The summed E-state index contributed by atoms with van der Waals surface area (Å²) in [5.41, 5.74) is 0.657. The van der Waals surface area contributed by atoms with Crippen molar-refractivity contribution in [3.05, 3.63) is 46.7 Å². The molecule has 1 atom stereocenters. The van der Waals surface area contributed by atoms with Crippen molar-refractivity contribution in [2.75, 3.05) is 19.7 Å². The van der Waals surface area contributed by atoms with Gasteiger partial charge in [-0.05, 0) is 30.0 Å². The molecule has 25 heavy (non-hydrogen) atoms. The van der Waals surface area contributed by atoms with E-state index in [1.807, 2.05) is 29.6 Å². The molecule has 7 heteroatoms. The largest absolute Gasteiger partial charge is 0.486 e. The van der Waals surface area contributed by atoms with E-state index in [0.29, 0.717) is 43.9 Å². The Morgan fingerprint density at radius 3 is 2.80 bits per heavy atom. The molecule has 0 fully saturated rings. The number of hydrogen-bond acceptors (Lipinski definition) is 5. The third-order valence-corrected chi connectivity index (χ3v) is 4.43. The smallest absolute Gasteiger partial charge is 0.252 e. The summed E-state index contributed by atoms with van der Waals surface area (Å²) in [5.74, 6) is 1.26. The van der Waals surface area contributed by atoms with E-state index in [9.17, 15) is 9.59 Å². The summed E-state index contributed by atoms with van der Waals surface area (Å²) in [6, 6.07) is 9.25. The zero-order valence-corrected chi connectivity index (χ0v) is 14.5. The highest BCUT2D eigenvalue weighted by molar-refractivity contribution is 7.08. The first-order chi connectivity index (χ1) is 12.2. The fourth-order valence-corrected chi connectivity index (χ4v) is 3.06. The molecule has 0 saturated heterocycles. The molecule has 1 aliphatic rings. The highest BCUT2D eigenvalue weighted by Gasteiger charge is 2.20. The average Bonchev–Trinajstić information content (AvgIpc) is 3.18. The first-order valence-electron chi connectivity index (χ1n) is 8.18. The zero-order valence-electron chi connectivity index (χ0n) is 13.7. The molecule has 6 nitrogen and oxygen atoms in total. The van der Waals surface area contributed by atoms with Gasteiger partial charge in [0, 0.05) is 23.9 Å². The maximum Gasteiger partial charge on any atom is 0.252 e. The van der Waals surface area contributed by atoms with E-state index in [-0.39, 0.29) is 17.9 Å². The number of benzene rings is 1. The number of amides is 2. The number of nitrogens with one attached hydrogen (secondary N) is 2. The minimum Gasteiger partial charge on any atom is -0.486 e. The van der Waals surface area contributed by atoms with Gasteiger partial charge in [-0.3, -0.25) is 9.59 Å². The Labute approximate surface area is 150 Å². The highest BCUT2D eigenvalue weighted by Crippen LogP contribution is 2.30. The predicted octanol–water partition coefficient (Wildman–Crippen LogP) is 2.21. The summed E-state index contributed by atoms with van der Waals surface area (Å²) in [6.07, 6.45) is 0.748. The van der Waals surface area contributed by atoms with Crippen molar-refractivity contribution < 1.29 is 19.1 Å². The van der Waals surface area contributed by atoms with Gasteiger partial charge in [0.1, 0.15) is 12.7 Å². The van der Waals surface area contributed by atoms with Gasteiger partial charge in [-0.15, -0.1) is 0 Å². The number of ether oxygens (including phenoxy) is 2. The SMILES string of the molecule is O=C(CCCNC(=O)c1ccsc1)NCC1COc2ccccc2O1. The third-order valence-electron chi connectivity index (χ3n) is 3.74. The molecular weight excluding hydrogens is 340 g/mol. The van der Waals surface area contributed by atoms with E-state index >= 15 is 0 Å². The van der Waals surface area contributed by atoms with Crippen LogP contribution < -0.4 is 20.1 Å². The molecule has 2 amide bonds. The topological polar surface area (TPSA) is 76.7 Å². The van der Waals surface area contributed by atoms with Crippen molar-refractivity contribution in [1.29, 1.82) is 0 Å². The van der Waals surface area contributed by atoms with Crippen LogP contribution in [0.3, 0.4) is 0 Å². The summed E-state index contributed by atoms with van der Waals surface area (Å²) in [4.78, 5) is 23.6. The van der Waals surface area contributed by atoms with E-state index < -0.39 is 0 Å². The Hall–Kier alpha value is -2.54. The lowest BCUT2D eigenvalue weighted by Crippen LogP contribution is -2.40. The van der Waals surface area contributed by atoms with Crippen LogP contribution in [0.4, 0.5) is 0 Å². The van der Waals surface area contributed by atoms with E-state index in [1.165, 1.54) is 11.3 Å². The Balaban J connectivity index is 1.30. The number of thiophene rings is 1. The summed E-state index contributed by atoms with van der Waals surface area (Å²) in [7, 11) is 0. The number of carbonyl (C=O) groups is 2. The molecule has 132 valence electrons. The van der Waals surface area contributed by atoms with Crippen molar-refractivity contribution in [2.24, 2.45) is 0 Å². The Kier molecular flexibility index (Phi) is 5.90. The molecule has 2 heterocycles. The molecule has 0 bridgehead atoms. The van der Waals surface area contributed by atoms with Crippen LogP contribution >= 0.6 is 11.3 Å². The Morgan fingerprint density at radius 2 is 2.00 bits per heavy atom. The van der Waals surface area contributed by atoms with E-state index in [0.717, 1.165) is 5.75 Å². The van der Waals surface area contributed by atoms with Crippen molar-refractivity contribution >= 4 is 23.2 Å². The molecule has 2 aromatic rings. The van der Waals surface area contributed by atoms with Gasteiger partial charge in [-0.25, -0.2) is 0 Å². The fourth-order valence-electron chi connectivity index (χ4n) is 2.43. The van der Waals surface area contributed by atoms with Gasteiger partial charge in [0.25, 0.3) is 5.91 Å². The van der Waals surface area contributed by atoms with Crippen LogP contribution in [0.15, 0.2) is 41.1 Å². The normalized spacial score (nSPS) is 15.4. The minimum atomic E-state index is -0.197. The monoisotopic (exact) mass is 360 g/mol. The van der Waals surface area contributed by atoms with Gasteiger partial charge < -0.3 is 20.1 Å². The molecule has 1 aromatic heterocycles. The van der Waals surface area contributed by atoms with Gasteiger partial charge in [-0.1, -0.05) is 12.1 Å². The number of fused-ring (bicyclic) bond motifs is 1. The molecule has 2 N–H and O–H groups in total. The Morgan fingerprint density at radius 1 is 1.16 bits per heavy atom. The number of hydrogen-bond donors (Lipinski definition) is 2. The second-order valence-corrected chi connectivity index (χ2v) is 6.45. The molecule has 1 unspecified atom stereocenters. The van der Waals surface area contributed by atoms with Gasteiger partial charge >= 0.3 is 0 Å². The first kappa shape index (κ1) is 17.3. The molecule has 3 rings (SSSR count). The first-order valence-corrected chi connectivity index (χ1v) is 9.12. The maximum absolute atomic E-state index is 11.9. The molecule has 1 aromatic carbocycles. The summed E-state index contributed by atoms with van der Waals surface area (Å²) >= 11 is 1.48. The summed E-state index contributed by atoms with van der Waals surface area (Å²) < 4.78 is 11.4. The van der Waals surface area contributed by atoms with Gasteiger partial charge in [0.15, 0.2) is 11.5 Å². The summed E-state index contributed by atoms with van der Waals surface area (Å²) in [6.45, 7) is 1.28. The molecule has 0 saturated carbocycles. The van der Waals surface area contributed by atoms with Crippen molar-refractivity contribution in [3.63, 3.8) is 0 Å². The second-order valence-electron chi connectivity index (χ2n) is 5.67. The fraction of sp³-hybridized carbons (Fsp3) is 0.333. The van der Waals surface area contributed by atoms with Crippen LogP contribution in [-0.2, 0) is 4.79 Å². The molecule has 0 aliphatic carbocycles. The zero-order chi connectivity index (χ0) is 17.5. The van der Waals surface area contributed by atoms with E-state index in [4.69, 9.17) is 9.47 Å². The lowest BCUT2D eigenvalue weighted by molar-refractivity contribution is -0.121. The third kappa shape index (κ3) is 4.96. The van der Waals surface area contributed by atoms with Crippen molar-refractivity contribution in [2.45, 2.75) is 18.9 Å². The van der Waals surface area contributed by atoms with Crippen LogP contribution in [0.25, 0.3) is 0 Å². The van der Waals surface area contributed by atoms with Crippen LogP contribution in [-0.4, -0.2) is 37.6 Å². The molecule has 0 radical (unpaired) electrons.